The second-order valence-electron chi connectivity index (χ2n) is 6.54. The first kappa shape index (κ1) is 20.2. The van der Waals surface area contributed by atoms with Crippen LogP contribution in [0.2, 0.25) is 0 Å². The van der Waals surface area contributed by atoms with Crippen molar-refractivity contribution in [1.82, 2.24) is 15.2 Å². The topological polar surface area (TPSA) is 83.6 Å². The normalized spacial score (nSPS) is 17.4. The zero-order valence-corrected chi connectivity index (χ0v) is 16.6. The molecule has 1 aliphatic heterocycles. The van der Waals surface area contributed by atoms with Gasteiger partial charge >= 0.3 is 0 Å². The number of carbonyl (C=O) groups excluding carboxylic acids is 1. The van der Waals surface area contributed by atoms with Gasteiger partial charge in [-0.2, -0.15) is 0 Å². The summed E-state index contributed by atoms with van der Waals surface area (Å²) in [5.41, 5.74) is 7.38. The smallest absolute Gasteiger partial charge is 0.273 e. The summed E-state index contributed by atoms with van der Waals surface area (Å²) in [4.78, 5) is 23.7. The zero-order valence-electron chi connectivity index (χ0n) is 15.8. The molecule has 0 bridgehead atoms. The van der Waals surface area contributed by atoms with Crippen LogP contribution in [0.4, 0.5) is 10.1 Å². The first-order chi connectivity index (χ1) is 13.6. The summed E-state index contributed by atoms with van der Waals surface area (Å²) in [6, 6.07) is 6.06. The number of amides is 1. The van der Waals surface area contributed by atoms with Crippen molar-refractivity contribution in [3.05, 3.63) is 52.4 Å². The lowest BCUT2D eigenvalue weighted by Crippen LogP contribution is -2.42. The summed E-state index contributed by atoms with van der Waals surface area (Å²) >= 11 is 1.35. The highest BCUT2D eigenvalue weighted by Gasteiger charge is 2.28. The minimum atomic E-state index is -0.314. The molecule has 0 saturated carbocycles. The van der Waals surface area contributed by atoms with Gasteiger partial charge in [0.15, 0.2) is 0 Å². The number of hydrogen-bond acceptors (Lipinski definition) is 6. The number of nitrogens with two attached hydrogens (primary N) is 1. The number of rotatable bonds is 7. The molecule has 1 aromatic carbocycles. The Balaban J connectivity index is 1.75. The lowest BCUT2D eigenvalue weighted by atomic mass is 10.2. The average molecular weight is 402 g/mol. The monoisotopic (exact) mass is 401 g/mol. The van der Waals surface area contributed by atoms with E-state index in [1.807, 2.05) is 4.90 Å². The van der Waals surface area contributed by atoms with E-state index in [1.165, 1.54) is 29.7 Å². The van der Waals surface area contributed by atoms with Gasteiger partial charge in [-0.05, 0) is 43.7 Å². The Labute approximate surface area is 168 Å². The number of hydrogen-bond donors (Lipinski definition) is 2. The van der Waals surface area contributed by atoms with E-state index >= 15 is 0 Å². The molecule has 1 aliphatic rings. The van der Waals surface area contributed by atoms with Gasteiger partial charge in [0.2, 0.25) is 0 Å². The molecule has 2 aromatic rings. The van der Waals surface area contributed by atoms with Gasteiger partial charge in [-0.3, -0.25) is 9.79 Å². The van der Waals surface area contributed by atoms with Gasteiger partial charge in [-0.1, -0.05) is 6.92 Å². The molecule has 6 nitrogen and oxygen atoms in total. The van der Waals surface area contributed by atoms with Crippen LogP contribution in [0, 0.1) is 5.82 Å². The third-order valence-electron chi connectivity index (χ3n) is 4.53. The lowest BCUT2D eigenvalue weighted by molar-refractivity contribution is 0.0687. The molecule has 1 aromatic heterocycles. The molecule has 3 rings (SSSR count). The van der Waals surface area contributed by atoms with Crippen molar-refractivity contribution in [2.45, 2.75) is 25.8 Å². The van der Waals surface area contributed by atoms with Crippen LogP contribution in [0.1, 0.15) is 35.3 Å². The maximum absolute atomic E-state index is 13.0. The predicted octanol–water partition coefficient (Wildman–Crippen LogP) is 3.20. The highest BCUT2D eigenvalue weighted by molar-refractivity contribution is 7.11. The van der Waals surface area contributed by atoms with Gasteiger partial charge in [0.1, 0.15) is 16.5 Å². The molecule has 0 aliphatic carbocycles. The van der Waals surface area contributed by atoms with Crippen molar-refractivity contribution in [2.75, 3.05) is 19.6 Å². The van der Waals surface area contributed by atoms with Crippen molar-refractivity contribution < 1.29 is 9.18 Å². The summed E-state index contributed by atoms with van der Waals surface area (Å²) < 4.78 is 13.0. The van der Waals surface area contributed by atoms with E-state index in [-0.39, 0.29) is 17.8 Å². The molecule has 3 N–H and O–H groups in total. The minimum Gasteiger partial charge on any atom is -0.404 e. The molecule has 1 fully saturated rings. The fourth-order valence-corrected chi connectivity index (χ4v) is 3.87. The quantitative estimate of drug-likeness (QED) is 0.698. The molecule has 148 valence electrons. The van der Waals surface area contributed by atoms with E-state index in [0.717, 1.165) is 25.9 Å². The van der Waals surface area contributed by atoms with Crippen molar-refractivity contribution >= 4 is 34.7 Å². The number of allylic oxidation sites excluding steroid dienone is 1. The molecule has 1 atom stereocenters. The number of nitrogens with one attached hydrogen (secondary N) is 1. The summed E-state index contributed by atoms with van der Waals surface area (Å²) in [6.07, 6.45) is 4.84. The molecule has 1 amide bonds. The number of aliphatic imine (C=N–C) groups is 1. The molecular formula is C20H24FN5OS. The Bertz CT molecular complexity index is 856. The fourth-order valence-electron chi connectivity index (χ4n) is 3.09. The van der Waals surface area contributed by atoms with Gasteiger partial charge in [-0.25, -0.2) is 9.37 Å². The Morgan fingerprint density at radius 1 is 1.46 bits per heavy atom. The van der Waals surface area contributed by atoms with E-state index in [4.69, 9.17) is 5.73 Å². The van der Waals surface area contributed by atoms with Crippen molar-refractivity contribution in [3.63, 3.8) is 0 Å². The summed E-state index contributed by atoms with van der Waals surface area (Å²) in [6.45, 7) is 4.53. The molecule has 0 radical (unpaired) electrons. The Kier molecular flexibility index (Phi) is 6.89. The van der Waals surface area contributed by atoms with Crippen LogP contribution in [0.3, 0.4) is 0 Å². The van der Waals surface area contributed by atoms with Gasteiger partial charge in [0.25, 0.3) is 5.91 Å². The number of nitrogens with zero attached hydrogens (tertiary/aromatic N) is 3. The highest BCUT2D eigenvalue weighted by atomic mass is 32.1. The summed E-state index contributed by atoms with van der Waals surface area (Å²) in [7, 11) is 0. The second kappa shape index (κ2) is 9.57. The molecule has 8 heteroatoms. The lowest BCUT2D eigenvalue weighted by Gasteiger charge is -2.27. The van der Waals surface area contributed by atoms with Gasteiger partial charge < -0.3 is 16.0 Å². The molecular weight excluding hydrogens is 377 g/mol. The molecule has 1 saturated heterocycles. The SMILES string of the molecule is CCCN(C(=O)c1csc(/C(C=Nc2ccc(F)cc2)=C/N)n1)[C@H]1CCNC1. The van der Waals surface area contributed by atoms with E-state index in [2.05, 4.69) is 22.2 Å². The first-order valence-corrected chi connectivity index (χ1v) is 10.2. The summed E-state index contributed by atoms with van der Waals surface area (Å²) in [5, 5.41) is 5.69. The van der Waals surface area contributed by atoms with Crippen molar-refractivity contribution in [1.29, 1.82) is 0 Å². The molecule has 0 spiro atoms. The number of halogens is 1. The van der Waals surface area contributed by atoms with Crippen LogP contribution in [0.15, 0.2) is 40.8 Å². The number of aromatic nitrogens is 1. The van der Waals surface area contributed by atoms with Crippen LogP contribution >= 0.6 is 11.3 Å². The first-order valence-electron chi connectivity index (χ1n) is 9.31. The fraction of sp³-hybridized carbons (Fsp3) is 0.350. The van der Waals surface area contributed by atoms with Crippen LogP contribution in [0.25, 0.3) is 5.57 Å². The van der Waals surface area contributed by atoms with Gasteiger partial charge in [-0.15, -0.1) is 11.3 Å². The van der Waals surface area contributed by atoms with Gasteiger partial charge in [0, 0.05) is 42.5 Å². The number of thiazole rings is 1. The zero-order chi connectivity index (χ0) is 19.9. The Morgan fingerprint density at radius 2 is 2.25 bits per heavy atom. The maximum atomic E-state index is 13.0. The van der Waals surface area contributed by atoms with E-state index in [1.54, 1.807) is 23.7 Å². The van der Waals surface area contributed by atoms with Crippen LogP contribution in [-0.2, 0) is 0 Å². The van der Waals surface area contributed by atoms with E-state index in [0.29, 0.717) is 28.5 Å². The van der Waals surface area contributed by atoms with Crippen molar-refractivity contribution in [3.8, 4) is 0 Å². The predicted molar refractivity (Wildman–Crippen MR) is 111 cm³/mol. The van der Waals surface area contributed by atoms with Crippen LogP contribution < -0.4 is 11.1 Å². The van der Waals surface area contributed by atoms with Crippen LogP contribution in [0.5, 0.6) is 0 Å². The Morgan fingerprint density at radius 3 is 2.89 bits per heavy atom. The standard InChI is InChI=1S/C20H24FN5OS/c1-2-9-26(17-7-8-23-12-17)20(27)18-13-28-19(25-18)14(10-22)11-24-16-5-3-15(21)4-6-16/h3-6,10-11,13,17,23H,2,7-9,12,22H2,1H3/b14-10+,24-11?/t17-/m0/s1. The third kappa shape index (κ3) is 4.82. The third-order valence-corrected chi connectivity index (χ3v) is 5.42. The Hall–Kier alpha value is -2.58. The minimum absolute atomic E-state index is 0.0510. The average Bonchev–Trinajstić information content (AvgIpc) is 3.40. The molecule has 0 unspecified atom stereocenters. The van der Waals surface area contributed by atoms with Crippen molar-refractivity contribution in [2.24, 2.45) is 10.7 Å². The second-order valence-corrected chi connectivity index (χ2v) is 7.40. The molecule has 28 heavy (non-hydrogen) atoms. The highest BCUT2D eigenvalue weighted by Crippen LogP contribution is 2.22. The maximum Gasteiger partial charge on any atom is 0.273 e. The number of carbonyl (C=O) groups is 1. The van der Waals surface area contributed by atoms with Gasteiger partial charge in [0.05, 0.1) is 5.69 Å². The number of benzene rings is 1. The van der Waals surface area contributed by atoms with E-state index in [9.17, 15) is 9.18 Å². The summed E-state index contributed by atoms with van der Waals surface area (Å²) in [5.74, 6) is -0.365. The molecule has 2 heterocycles. The van der Waals surface area contributed by atoms with E-state index < -0.39 is 0 Å². The largest absolute Gasteiger partial charge is 0.404 e. The van der Waals surface area contributed by atoms with Crippen LogP contribution in [-0.4, -0.2) is 47.7 Å².